The van der Waals surface area contributed by atoms with E-state index < -0.39 is 11.6 Å². The van der Waals surface area contributed by atoms with Crippen molar-refractivity contribution in [3.63, 3.8) is 0 Å². The second-order valence-corrected chi connectivity index (χ2v) is 11.6. The highest BCUT2D eigenvalue weighted by molar-refractivity contribution is 5.90. The first-order valence-electron chi connectivity index (χ1n) is 12.6. The van der Waals surface area contributed by atoms with Crippen molar-refractivity contribution in [1.29, 1.82) is 0 Å². The van der Waals surface area contributed by atoms with Gasteiger partial charge in [-0.1, -0.05) is 65.0 Å². The number of hydrogen-bond acceptors (Lipinski definition) is 4. The molecule has 0 unspecified atom stereocenters. The van der Waals surface area contributed by atoms with Gasteiger partial charge in [0.25, 0.3) is 0 Å². The molecule has 0 aliphatic heterocycles. The van der Waals surface area contributed by atoms with E-state index in [1.807, 2.05) is 25.1 Å². The lowest BCUT2D eigenvalue weighted by atomic mass is 9.82. The van der Waals surface area contributed by atoms with E-state index >= 15 is 0 Å². The average molecular weight is 518 g/mol. The van der Waals surface area contributed by atoms with Crippen LogP contribution in [-0.2, 0) is 11.8 Å². The van der Waals surface area contributed by atoms with E-state index in [9.17, 15) is 13.2 Å². The standard InChI is InChI=1S/C31H30F3N3O/c1-18-17-35-28(21-13-19-9-7-8-10-22(19)23(14-21)29(2,3)4)37-27(18)20-11-12-24-25(15-20)38-26(36-24)16-30(5,6)31(32,33)34/h7-15,17H,16H2,1-6H3. The summed E-state index contributed by atoms with van der Waals surface area (Å²) in [5.74, 6) is 0.664. The molecule has 2 aromatic heterocycles. The van der Waals surface area contributed by atoms with Gasteiger partial charge in [-0.2, -0.15) is 13.2 Å². The molecular weight excluding hydrogens is 487 g/mol. The predicted octanol–water partition coefficient (Wildman–Crippen LogP) is 8.84. The van der Waals surface area contributed by atoms with Gasteiger partial charge < -0.3 is 4.42 Å². The van der Waals surface area contributed by atoms with Crippen molar-refractivity contribution in [2.45, 2.75) is 59.6 Å². The van der Waals surface area contributed by atoms with E-state index in [2.05, 4.69) is 55.0 Å². The molecular formula is C31H30F3N3O. The summed E-state index contributed by atoms with van der Waals surface area (Å²) >= 11 is 0. The number of benzene rings is 3. The molecule has 2 heterocycles. The fourth-order valence-corrected chi connectivity index (χ4v) is 4.61. The molecule has 0 fully saturated rings. The Labute approximate surface area is 220 Å². The third-order valence-electron chi connectivity index (χ3n) is 6.97. The number of fused-ring (bicyclic) bond motifs is 2. The van der Waals surface area contributed by atoms with E-state index in [-0.39, 0.29) is 17.7 Å². The Kier molecular flexibility index (Phi) is 6.08. The van der Waals surface area contributed by atoms with Crippen LogP contribution in [0.5, 0.6) is 0 Å². The van der Waals surface area contributed by atoms with Gasteiger partial charge in [-0.25, -0.2) is 15.0 Å². The molecule has 0 bridgehead atoms. The summed E-state index contributed by atoms with van der Waals surface area (Å²) in [5, 5.41) is 2.33. The zero-order valence-electron chi connectivity index (χ0n) is 22.4. The van der Waals surface area contributed by atoms with Crippen molar-refractivity contribution in [2.24, 2.45) is 5.41 Å². The predicted molar refractivity (Wildman–Crippen MR) is 145 cm³/mol. The number of aromatic nitrogens is 3. The molecule has 0 spiro atoms. The molecule has 0 N–H and O–H groups in total. The van der Waals surface area contributed by atoms with Crippen LogP contribution in [0.25, 0.3) is 44.5 Å². The van der Waals surface area contributed by atoms with Crippen LogP contribution in [0.1, 0.15) is 51.6 Å². The Morgan fingerprint density at radius 2 is 1.58 bits per heavy atom. The fraction of sp³-hybridized carbons (Fsp3) is 0.323. The smallest absolute Gasteiger partial charge is 0.394 e. The summed E-state index contributed by atoms with van der Waals surface area (Å²) in [4.78, 5) is 13.9. The molecule has 0 amide bonds. The van der Waals surface area contributed by atoms with Crippen LogP contribution in [0.15, 0.2) is 65.2 Å². The second kappa shape index (κ2) is 8.93. The zero-order valence-corrected chi connectivity index (χ0v) is 22.4. The van der Waals surface area contributed by atoms with Crippen LogP contribution in [-0.4, -0.2) is 21.1 Å². The van der Waals surface area contributed by atoms with Gasteiger partial charge in [0.05, 0.1) is 11.1 Å². The lowest BCUT2D eigenvalue weighted by molar-refractivity contribution is -0.212. The van der Waals surface area contributed by atoms with Crippen molar-refractivity contribution in [3.8, 4) is 22.6 Å². The maximum absolute atomic E-state index is 13.4. The molecule has 7 heteroatoms. The minimum Gasteiger partial charge on any atom is -0.441 e. The van der Waals surface area contributed by atoms with Gasteiger partial charge in [-0.05, 0) is 58.5 Å². The highest BCUT2D eigenvalue weighted by Gasteiger charge is 2.48. The van der Waals surface area contributed by atoms with E-state index in [1.165, 1.54) is 10.9 Å². The number of alkyl halides is 3. The largest absolute Gasteiger partial charge is 0.441 e. The van der Waals surface area contributed by atoms with Crippen molar-refractivity contribution in [1.82, 2.24) is 15.0 Å². The van der Waals surface area contributed by atoms with Gasteiger partial charge in [-0.3, -0.25) is 0 Å². The summed E-state index contributed by atoms with van der Waals surface area (Å²) in [6.45, 7) is 10.8. The van der Waals surface area contributed by atoms with Crippen LogP contribution < -0.4 is 0 Å². The van der Waals surface area contributed by atoms with E-state index in [0.29, 0.717) is 16.9 Å². The zero-order chi connectivity index (χ0) is 27.5. The monoisotopic (exact) mass is 517 g/mol. The highest BCUT2D eigenvalue weighted by atomic mass is 19.4. The number of rotatable bonds is 4. The molecule has 5 aromatic rings. The molecule has 4 nitrogen and oxygen atoms in total. The Hall–Kier alpha value is -3.74. The van der Waals surface area contributed by atoms with Crippen LogP contribution in [0.2, 0.25) is 0 Å². The van der Waals surface area contributed by atoms with Crippen LogP contribution in [0.4, 0.5) is 13.2 Å². The molecule has 38 heavy (non-hydrogen) atoms. The topological polar surface area (TPSA) is 51.8 Å². The second-order valence-electron chi connectivity index (χ2n) is 11.6. The van der Waals surface area contributed by atoms with Crippen molar-refractivity contribution < 1.29 is 17.6 Å². The van der Waals surface area contributed by atoms with Crippen molar-refractivity contribution >= 4 is 21.9 Å². The van der Waals surface area contributed by atoms with Crippen LogP contribution in [0.3, 0.4) is 0 Å². The van der Waals surface area contributed by atoms with Gasteiger partial charge in [0, 0.05) is 23.7 Å². The Morgan fingerprint density at radius 3 is 2.29 bits per heavy atom. The van der Waals surface area contributed by atoms with E-state index in [0.717, 1.165) is 41.6 Å². The SMILES string of the molecule is Cc1cnc(-c2cc(C(C)(C)C)c3ccccc3c2)nc1-c1ccc2nc(CC(C)(C)C(F)(F)F)oc2c1. The fourth-order valence-electron chi connectivity index (χ4n) is 4.61. The van der Waals surface area contributed by atoms with Crippen molar-refractivity contribution in [3.05, 3.63) is 77.8 Å². The summed E-state index contributed by atoms with van der Waals surface area (Å²) in [6.07, 6.45) is -2.90. The maximum Gasteiger partial charge on any atom is 0.394 e. The summed E-state index contributed by atoms with van der Waals surface area (Å²) in [5.41, 5.74) is 3.46. The van der Waals surface area contributed by atoms with E-state index in [4.69, 9.17) is 9.40 Å². The number of aryl methyl sites for hydroxylation is 1. The Morgan fingerprint density at radius 1 is 0.842 bits per heavy atom. The molecule has 0 atom stereocenters. The Balaban J connectivity index is 1.56. The van der Waals surface area contributed by atoms with Gasteiger partial charge in [-0.15, -0.1) is 0 Å². The number of oxazole rings is 1. The molecule has 0 saturated carbocycles. The molecule has 0 aliphatic carbocycles. The minimum absolute atomic E-state index is 0.0606. The third-order valence-corrected chi connectivity index (χ3v) is 6.97. The van der Waals surface area contributed by atoms with Gasteiger partial charge in [0.2, 0.25) is 0 Å². The molecule has 5 rings (SSSR count). The molecule has 0 aliphatic rings. The number of hydrogen-bond donors (Lipinski definition) is 0. The lowest BCUT2D eigenvalue weighted by Gasteiger charge is -2.25. The number of nitrogens with zero attached hydrogens (tertiary/aromatic N) is 3. The first-order valence-corrected chi connectivity index (χ1v) is 12.6. The van der Waals surface area contributed by atoms with Crippen LogP contribution >= 0.6 is 0 Å². The summed E-state index contributed by atoms with van der Waals surface area (Å²) < 4.78 is 45.9. The van der Waals surface area contributed by atoms with Gasteiger partial charge >= 0.3 is 6.18 Å². The highest BCUT2D eigenvalue weighted by Crippen LogP contribution is 2.41. The van der Waals surface area contributed by atoms with Gasteiger partial charge in [0.1, 0.15) is 5.52 Å². The summed E-state index contributed by atoms with van der Waals surface area (Å²) in [7, 11) is 0. The average Bonchev–Trinajstić information content (AvgIpc) is 3.23. The third kappa shape index (κ3) is 4.77. The van der Waals surface area contributed by atoms with Crippen molar-refractivity contribution in [2.75, 3.05) is 0 Å². The van der Waals surface area contributed by atoms with Gasteiger partial charge in [0.15, 0.2) is 17.3 Å². The minimum atomic E-state index is -4.36. The van der Waals surface area contributed by atoms with Crippen LogP contribution in [0, 0.1) is 12.3 Å². The molecule has 0 radical (unpaired) electrons. The maximum atomic E-state index is 13.4. The number of halogens is 3. The normalized spacial score (nSPS) is 13.0. The molecule has 196 valence electrons. The quantitative estimate of drug-likeness (QED) is 0.239. The summed E-state index contributed by atoms with van der Waals surface area (Å²) in [6, 6.07) is 18.0. The molecule has 0 saturated heterocycles. The lowest BCUT2D eigenvalue weighted by Crippen LogP contribution is -2.34. The first-order chi connectivity index (χ1) is 17.7. The van der Waals surface area contributed by atoms with E-state index in [1.54, 1.807) is 18.3 Å². The Bertz CT molecular complexity index is 1660. The molecule has 3 aromatic carbocycles. The first kappa shape index (κ1) is 25.9.